The number of carbonyl (C=O) groups excluding carboxylic acids is 2. The van der Waals surface area contributed by atoms with Crippen LogP contribution in [0.2, 0.25) is 0 Å². The maximum Gasteiger partial charge on any atom is 0.253 e. The topological polar surface area (TPSA) is 81.8 Å². The van der Waals surface area contributed by atoms with Gasteiger partial charge in [0, 0.05) is 39.7 Å². The van der Waals surface area contributed by atoms with Crippen molar-refractivity contribution in [3.63, 3.8) is 0 Å². The van der Waals surface area contributed by atoms with E-state index in [1.54, 1.807) is 31.4 Å². The highest BCUT2D eigenvalue weighted by atomic mass is 16.5. The maximum absolute atomic E-state index is 12.9. The monoisotopic (exact) mass is 383 g/mol. The van der Waals surface area contributed by atoms with E-state index in [1.165, 1.54) is 0 Å². The largest absolute Gasteiger partial charge is 0.489 e. The van der Waals surface area contributed by atoms with Gasteiger partial charge >= 0.3 is 0 Å². The normalized spacial score (nSPS) is 18.2. The number of likely N-dealkylation sites (N-methyl/N-ethyl adjacent to an activating group) is 1. The third-order valence-electron chi connectivity index (χ3n) is 5.51. The number of H-pyrrole nitrogens is 1. The first-order valence-corrected chi connectivity index (χ1v) is 9.44. The number of nitrogens with one attached hydrogen (secondary N) is 1. The zero-order valence-corrected chi connectivity index (χ0v) is 16.4. The smallest absolute Gasteiger partial charge is 0.253 e. The fourth-order valence-corrected chi connectivity index (χ4v) is 3.75. The van der Waals surface area contributed by atoms with Crippen molar-refractivity contribution in [2.24, 2.45) is 0 Å². The number of ether oxygens (including phenoxy) is 1. The van der Waals surface area contributed by atoms with Gasteiger partial charge in [-0.15, -0.1) is 0 Å². The molecule has 0 saturated heterocycles. The Morgan fingerprint density at radius 1 is 1.36 bits per heavy atom. The molecule has 2 amide bonds. The van der Waals surface area contributed by atoms with E-state index in [9.17, 15) is 9.59 Å². The van der Waals surface area contributed by atoms with Crippen LogP contribution >= 0.6 is 0 Å². The number of hydrogen-bond donors (Lipinski definition) is 1. The number of nitrogens with zero attached hydrogens (tertiary/aromatic N) is 4. The lowest BCUT2D eigenvalue weighted by atomic mass is 10.1. The van der Waals surface area contributed by atoms with Crippen molar-refractivity contribution < 1.29 is 14.3 Å². The predicted molar refractivity (Wildman–Crippen MR) is 104 cm³/mol. The number of hydrogen-bond acceptors (Lipinski definition) is 5. The standard InChI is InChI=1S/C20H25N5O3/c1-23(2)20(27)13-4-5-18-17(8-13)24(3)14(11-28-18)9-19(26)25-7-6-15-16(10-25)22-12-21-15/h4-5,8,12,14H,6-7,9-11H2,1-3H3,(H,21,22)/t14-/m0/s1. The average molecular weight is 383 g/mol. The van der Waals surface area contributed by atoms with Crippen LogP contribution in [0.15, 0.2) is 24.5 Å². The minimum atomic E-state index is -0.0760. The number of imidazole rings is 1. The first-order chi connectivity index (χ1) is 13.4. The molecule has 3 heterocycles. The Balaban J connectivity index is 1.47. The van der Waals surface area contributed by atoms with Crippen molar-refractivity contribution in [2.75, 3.05) is 39.2 Å². The summed E-state index contributed by atoms with van der Waals surface area (Å²) in [5.41, 5.74) is 3.51. The van der Waals surface area contributed by atoms with Crippen molar-refractivity contribution in [2.45, 2.75) is 25.4 Å². The van der Waals surface area contributed by atoms with Crippen LogP contribution in [0.3, 0.4) is 0 Å². The van der Waals surface area contributed by atoms with E-state index in [1.807, 2.05) is 24.1 Å². The Kier molecular flexibility index (Phi) is 4.70. The number of benzene rings is 1. The molecular formula is C20H25N5O3. The van der Waals surface area contributed by atoms with Gasteiger partial charge in [-0.3, -0.25) is 9.59 Å². The molecule has 2 aliphatic heterocycles. The molecule has 0 bridgehead atoms. The van der Waals surface area contributed by atoms with Crippen LogP contribution in [0.4, 0.5) is 5.69 Å². The van der Waals surface area contributed by atoms with Crippen LogP contribution in [0.1, 0.15) is 28.2 Å². The number of fused-ring (bicyclic) bond motifs is 2. The van der Waals surface area contributed by atoms with E-state index < -0.39 is 0 Å². The van der Waals surface area contributed by atoms with Crippen LogP contribution in [-0.2, 0) is 17.8 Å². The summed E-state index contributed by atoms with van der Waals surface area (Å²) in [5.74, 6) is 0.782. The van der Waals surface area contributed by atoms with Gasteiger partial charge in [0.2, 0.25) is 5.91 Å². The summed E-state index contributed by atoms with van der Waals surface area (Å²) >= 11 is 0. The summed E-state index contributed by atoms with van der Waals surface area (Å²) < 4.78 is 5.88. The lowest BCUT2D eigenvalue weighted by Gasteiger charge is -2.37. The molecule has 28 heavy (non-hydrogen) atoms. The van der Waals surface area contributed by atoms with Crippen LogP contribution in [0, 0.1) is 0 Å². The second kappa shape index (κ2) is 7.18. The number of anilines is 1. The Labute approximate surface area is 164 Å². The van der Waals surface area contributed by atoms with Gasteiger partial charge in [-0.05, 0) is 18.2 Å². The van der Waals surface area contributed by atoms with Crippen molar-refractivity contribution in [3.8, 4) is 5.75 Å². The molecule has 0 spiro atoms. The van der Waals surface area contributed by atoms with Crippen molar-refractivity contribution in [1.29, 1.82) is 0 Å². The number of amides is 2. The van der Waals surface area contributed by atoms with E-state index in [2.05, 4.69) is 14.9 Å². The summed E-state index contributed by atoms with van der Waals surface area (Å²) in [5, 5.41) is 0. The third-order valence-corrected chi connectivity index (χ3v) is 5.51. The molecule has 2 aromatic rings. The second-order valence-electron chi connectivity index (χ2n) is 7.56. The molecule has 0 aliphatic carbocycles. The molecule has 8 nitrogen and oxygen atoms in total. The van der Waals surface area contributed by atoms with Crippen LogP contribution in [-0.4, -0.2) is 71.9 Å². The van der Waals surface area contributed by atoms with E-state index >= 15 is 0 Å². The number of carbonyl (C=O) groups is 2. The van der Waals surface area contributed by atoms with Gasteiger partial charge in [-0.1, -0.05) is 0 Å². The summed E-state index contributed by atoms with van der Waals surface area (Å²) in [6.07, 6.45) is 2.83. The predicted octanol–water partition coefficient (Wildman–Crippen LogP) is 1.28. The Bertz CT molecular complexity index is 907. The molecule has 0 radical (unpaired) electrons. The molecule has 4 rings (SSSR count). The van der Waals surface area contributed by atoms with Crippen molar-refractivity contribution >= 4 is 17.5 Å². The molecule has 1 aromatic heterocycles. The highest BCUT2D eigenvalue weighted by Gasteiger charge is 2.30. The quantitative estimate of drug-likeness (QED) is 0.864. The molecule has 0 unspecified atom stereocenters. The van der Waals surface area contributed by atoms with Gasteiger partial charge in [0.15, 0.2) is 0 Å². The van der Waals surface area contributed by atoms with Gasteiger partial charge in [-0.25, -0.2) is 4.98 Å². The van der Waals surface area contributed by atoms with E-state index in [0.29, 0.717) is 31.7 Å². The second-order valence-corrected chi connectivity index (χ2v) is 7.56. The van der Waals surface area contributed by atoms with E-state index in [4.69, 9.17) is 4.74 Å². The first-order valence-electron chi connectivity index (χ1n) is 9.44. The summed E-state index contributed by atoms with van der Waals surface area (Å²) in [4.78, 5) is 38.0. The lowest BCUT2D eigenvalue weighted by Crippen LogP contribution is -2.45. The number of rotatable bonds is 3. The lowest BCUT2D eigenvalue weighted by molar-refractivity contribution is -0.132. The summed E-state index contributed by atoms with van der Waals surface area (Å²) in [6, 6.07) is 5.36. The maximum atomic E-state index is 12.9. The van der Waals surface area contributed by atoms with Gasteiger partial charge in [0.05, 0.1) is 42.4 Å². The first kappa shape index (κ1) is 18.3. The summed E-state index contributed by atoms with van der Waals surface area (Å²) in [7, 11) is 5.41. The average Bonchev–Trinajstić information content (AvgIpc) is 3.17. The fraction of sp³-hybridized carbons (Fsp3) is 0.450. The molecule has 0 fully saturated rings. The Morgan fingerprint density at radius 2 is 2.18 bits per heavy atom. The van der Waals surface area contributed by atoms with Gasteiger partial charge in [0.25, 0.3) is 5.91 Å². The van der Waals surface area contributed by atoms with Crippen LogP contribution in [0.5, 0.6) is 5.75 Å². The third kappa shape index (κ3) is 3.30. The number of aromatic nitrogens is 2. The van der Waals surface area contributed by atoms with Gasteiger partial charge in [0.1, 0.15) is 12.4 Å². The minimum Gasteiger partial charge on any atom is -0.489 e. The van der Waals surface area contributed by atoms with Crippen molar-refractivity contribution in [3.05, 3.63) is 41.5 Å². The summed E-state index contributed by atoms with van der Waals surface area (Å²) in [6.45, 7) is 1.70. The zero-order chi connectivity index (χ0) is 19.8. The van der Waals surface area contributed by atoms with E-state index in [-0.39, 0.29) is 17.9 Å². The Morgan fingerprint density at radius 3 is 2.96 bits per heavy atom. The van der Waals surface area contributed by atoms with Gasteiger partial charge < -0.3 is 24.4 Å². The minimum absolute atomic E-state index is 0.0573. The van der Waals surface area contributed by atoms with E-state index in [0.717, 1.165) is 29.2 Å². The SMILES string of the molecule is CN(C)C(=O)c1ccc2c(c1)N(C)[C@@H](CC(=O)N1CCc3nc[nH]c3C1)CO2. The molecule has 148 valence electrons. The molecule has 0 saturated carbocycles. The molecule has 2 aliphatic rings. The zero-order valence-electron chi connectivity index (χ0n) is 16.4. The highest BCUT2D eigenvalue weighted by Crippen LogP contribution is 2.35. The van der Waals surface area contributed by atoms with Crippen molar-refractivity contribution in [1.82, 2.24) is 19.8 Å². The van der Waals surface area contributed by atoms with Crippen LogP contribution in [0.25, 0.3) is 0 Å². The molecule has 1 N–H and O–H groups in total. The Hall–Kier alpha value is -3.03. The fourth-order valence-electron chi connectivity index (χ4n) is 3.75. The molecule has 8 heteroatoms. The number of aromatic amines is 1. The molecule has 1 aromatic carbocycles. The molecular weight excluding hydrogens is 358 g/mol. The van der Waals surface area contributed by atoms with Crippen LogP contribution < -0.4 is 9.64 Å². The van der Waals surface area contributed by atoms with Gasteiger partial charge in [-0.2, -0.15) is 0 Å². The highest BCUT2D eigenvalue weighted by molar-refractivity contribution is 5.95. The molecule has 1 atom stereocenters.